The molecule has 4 rings (SSSR count). The number of benzene rings is 3. The number of methoxy groups -OCH3 is 1. The highest BCUT2D eigenvalue weighted by Crippen LogP contribution is 2.32. The van der Waals surface area contributed by atoms with E-state index in [1.54, 1.807) is 37.6 Å². The first-order chi connectivity index (χ1) is 15.4. The summed E-state index contributed by atoms with van der Waals surface area (Å²) in [5.41, 5.74) is 0.248. The van der Waals surface area contributed by atoms with Gasteiger partial charge in [0, 0.05) is 29.8 Å². The van der Waals surface area contributed by atoms with Crippen LogP contribution in [0.1, 0.15) is 0 Å². The lowest BCUT2D eigenvalue weighted by atomic mass is 10.2. The molecule has 3 aromatic carbocycles. The number of rotatable bonds is 5. The number of hydrogen-bond acceptors (Lipinski definition) is 4. The molecule has 0 saturated carbocycles. The van der Waals surface area contributed by atoms with Crippen molar-refractivity contribution < 1.29 is 27.4 Å². The highest BCUT2D eigenvalue weighted by Gasteiger charge is 2.12. The number of carbonyl (C=O) groups is 1. The summed E-state index contributed by atoms with van der Waals surface area (Å²) in [6.07, 6.45) is 1.56. The van der Waals surface area contributed by atoms with Crippen molar-refractivity contribution in [2.75, 3.05) is 17.7 Å². The van der Waals surface area contributed by atoms with Gasteiger partial charge in [0.1, 0.15) is 34.7 Å². The number of nitrogens with one attached hydrogen (secondary N) is 2. The molecule has 0 bridgehead atoms. The van der Waals surface area contributed by atoms with E-state index in [-0.39, 0.29) is 17.1 Å². The molecular weight excluding hydrogens is 423 g/mol. The van der Waals surface area contributed by atoms with E-state index in [0.717, 1.165) is 18.2 Å². The van der Waals surface area contributed by atoms with Crippen LogP contribution in [0.25, 0.3) is 10.9 Å². The largest absolute Gasteiger partial charge is 0.497 e. The van der Waals surface area contributed by atoms with Gasteiger partial charge in [-0.2, -0.15) is 0 Å². The first-order valence-corrected chi connectivity index (χ1v) is 9.36. The van der Waals surface area contributed by atoms with E-state index in [2.05, 4.69) is 15.6 Å². The molecule has 0 aliphatic rings. The van der Waals surface area contributed by atoms with Gasteiger partial charge in [-0.25, -0.2) is 18.0 Å². The third-order valence-electron chi connectivity index (χ3n) is 4.51. The number of fused-ring (bicyclic) bond motifs is 1. The quantitative estimate of drug-likeness (QED) is 0.394. The number of anilines is 2. The molecular formula is C23H16F3N3O3. The normalized spacial score (nSPS) is 10.6. The molecule has 0 radical (unpaired) electrons. The second-order valence-corrected chi connectivity index (χ2v) is 6.64. The lowest BCUT2D eigenvalue weighted by molar-refractivity contribution is 0.262. The summed E-state index contributed by atoms with van der Waals surface area (Å²) in [5.74, 6) is -1.20. The molecule has 6 nitrogen and oxygen atoms in total. The monoisotopic (exact) mass is 439 g/mol. The van der Waals surface area contributed by atoms with E-state index < -0.39 is 23.5 Å². The molecule has 32 heavy (non-hydrogen) atoms. The molecule has 0 atom stereocenters. The second-order valence-electron chi connectivity index (χ2n) is 6.64. The predicted octanol–water partition coefficient (Wildman–Crippen LogP) is 6.10. The van der Waals surface area contributed by atoms with Crippen molar-refractivity contribution in [1.82, 2.24) is 4.98 Å². The fourth-order valence-corrected chi connectivity index (χ4v) is 2.97. The average Bonchev–Trinajstić information content (AvgIpc) is 2.77. The smallest absolute Gasteiger partial charge is 0.323 e. The Kier molecular flexibility index (Phi) is 5.80. The zero-order valence-corrected chi connectivity index (χ0v) is 16.7. The van der Waals surface area contributed by atoms with Crippen molar-refractivity contribution in [2.24, 2.45) is 0 Å². The Morgan fingerprint density at radius 2 is 1.53 bits per heavy atom. The van der Waals surface area contributed by atoms with Gasteiger partial charge in [0.05, 0.1) is 24.0 Å². The van der Waals surface area contributed by atoms with Crippen LogP contribution in [0.3, 0.4) is 0 Å². The Labute approximate surface area is 180 Å². The van der Waals surface area contributed by atoms with Crippen molar-refractivity contribution in [3.63, 3.8) is 0 Å². The summed E-state index contributed by atoms with van der Waals surface area (Å²) in [7, 11) is 1.55. The zero-order valence-electron chi connectivity index (χ0n) is 16.7. The maximum Gasteiger partial charge on any atom is 0.323 e. The molecule has 2 amide bonds. The van der Waals surface area contributed by atoms with E-state index >= 15 is 0 Å². The molecule has 0 aliphatic heterocycles. The fraction of sp³-hybridized carbons (Fsp3) is 0.0435. The maximum absolute atomic E-state index is 14.5. The Bertz CT molecular complexity index is 1310. The summed E-state index contributed by atoms with van der Waals surface area (Å²) in [4.78, 5) is 16.3. The maximum atomic E-state index is 14.5. The third kappa shape index (κ3) is 4.56. The Balaban J connectivity index is 1.49. The van der Waals surface area contributed by atoms with Gasteiger partial charge >= 0.3 is 6.03 Å². The number of ether oxygens (including phenoxy) is 2. The zero-order chi connectivity index (χ0) is 22.7. The minimum absolute atomic E-state index is 0.151. The van der Waals surface area contributed by atoms with Crippen LogP contribution in [-0.2, 0) is 0 Å². The molecule has 4 aromatic rings. The number of hydrogen-bond donors (Lipinski definition) is 2. The van der Waals surface area contributed by atoms with Crippen molar-refractivity contribution in [2.45, 2.75) is 0 Å². The van der Waals surface area contributed by atoms with E-state index in [1.807, 2.05) is 0 Å². The van der Waals surface area contributed by atoms with Crippen LogP contribution in [0.15, 0.2) is 66.9 Å². The number of amides is 2. The number of pyridine rings is 1. The number of carbonyl (C=O) groups excluding carboxylic acids is 1. The summed E-state index contributed by atoms with van der Waals surface area (Å²) in [6, 6.07) is 12.6. The van der Waals surface area contributed by atoms with E-state index in [9.17, 15) is 18.0 Å². The summed E-state index contributed by atoms with van der Waals surface area (Å²) in [5, 5.41) is 5.16. The lowest BCUT2D eigenvalue weighted by Gasteiger charge is -2.12. The van der Waals surface area contributed by atoms with Gasteiger partial charge in [-0.15, -0.1) is 0 Å². The molecule has 9 heteroatoms. The molecule has 0 aliphatic carbocycles. The molecule has 1 heterocycles. The molecule has 0 saturated heterocycles. The van der Waals surface area contributed by atoms with E-state index in [0.29, 0.717) is 28.5 Å². The third-order valence-corrected chi connectivity index (χ3v) is 4.51. The highest BCUT2D eigenvalue weighted by molar-refractivity contribution is 6.00. The molecule has 0 unspecified atom stereocenters. The molecule has 0 fully saturated rings. The Morgan fingerprint density at radius 1 is 0.844 bits per heavy atom. The van der Waals surface area contributed by atoms with Crippen LogP contribution in [0.5, 0.6) is 17.2 Å². The lowest BCUT2D eigenvalue weighted by Crippen LogP contribution is -2.20. The van der Waals surface area contributed by atoms with Gasteiger partial charge in [-0.05, 0) is 42.5 Å². The first-order valence-electron chi connectivity index (χ1n) is 9.36. The molecule has 162 valence electrons. The summed E-state index contributed by atoms with van der Waals surface area (Å²) < 4.78 is 52.1. The standard InChI is InChI=1S/C23H16F3N3O3/c1-31-14-3-5-16-21(12-14)27-9-8-22(16)32-15-4-7-20(18(26)11-15)29-23(30)28-19-6-2-13(24)10-17(19)25/h2-12H,1H3,(H2,28,29,30). The SMILES string of the molecule is COc1ccc2c(Oc3ccc(NC(=O)Nc4ccc(F)cc4F)c(F)c3)ccnc2c1. The summed E-state index contributed by atoms with van der Waals surface area (Å²) >= 11 is 0. The van der Waals surface area contributed by atoms with Gasteiger partial charge in [0.15, 0.2) is 0 Å². The summed E-state index contributed by atoms with van der Waals surface area (Å²) in [6.45, 7) is 0. The minimum Gasteiger partial charge on any atom is -0.497 e. The second kappa shape index (κ2) is 8.84. The van der Waals surface area contributed by atoms with Crippen molar-refractivity contribution >= 4 is 28.3 Å². The molecule has 2 N–H and O–H groups in total. The van der Waals surface area contributed by atoms with E-state index in [1.165, 1.54) is 12.1 Å². The van der Waals surface area contributed by atoms with Gasteiger partial charge in [-0.3, -0.25) is 4.98 Å². The van der Waals surface area contributed by atoms with Crippen LogP contribution >= 0.6 is 0 Å². The van der Waals surface area contributed by atoms with Gasteiger partial charge < -0.3 is 20.1 Å². The van der Waals surface area contributed by atoms with Crippen molar-refractivity contribution in [1.29, 1.82) is 0 Å². The number of urea groups is 1. The fourth-order valence-electron chi connectivity index (χ4n) is 2.97. The van der Waals surface area contributed by atoms with E-state index in [4.69, 9.17) is 9.47 Å². The first kappa shape index (κ1) is 21.0. The van der Waals surface area contributed by atoms with Crippen LogP contribution in [0, 0.1) is 17.5 Å². The minimum atomic E-state index is -0.952. The number of halogens is 3. The Morgan fingerprint density at radius 3 is 2.22 bits per heavy atom. The highest BCUT2D eigenvalue weighted by atomic mass is 19.1. The van der Waals surface area contributed by atoms with Crippen molar-refractivity contribution in [3.05, 3.63) is 84.3 Å². The van der Waals surface area contributed by atoms with Crippen LogP contribution in [0.2, 0.25) is 0 Å². The topological polar surface area (TPSA) is 72.5 Å². The Hall–Kier alpha value is -4.27. The predicted molar refractivity (Wildman–Crippen MR) is 114 cm³/mol. The number of aromatic nitrogens is 1. The van der Waals surface area contributed by atoms with Crippen LogP contribution in [0.4, 0.5) is 29.3 Å². The average molecular weight is 439 g/mol. The molecule has 0 spiro atoms. The van der Waals surface area contributed by atoms with Crippen molar-refractivity contribution in [3.8, 4) is 17.2 Å². The molecule has 1 aromatic heterocycles. The number of nitrogens with zero attached hydrogens (tertiary/aromatic N) is 1. The van der Waals surface area contributed by atoms with Gasteiger partial charge in [0.25, 0.3) is 0 Å². The van der Waals surface area contributed by atoms with Crippen LogP contribution in [-0.4, -0.2) is 18.1 Å². The van der Waals surface area contributed by atoms with Gasteiger partial charge in [-0.1, -0.05) is 0 Å². The van der Waals surface area contributed by atoms with Gasteiger partial charge in [0.2, 0.25) is 0 Å². The van der Waals surface area contributed by atoms with Crippen LogP contribution < -0.4 is 20.1 Å².